The zero-order chi connectivity index (χ0) is 21.4. The fourth-order valence-corrected chi connectivity index (χ4v) is 4.51. The Labute approximate surface area is 185 Å². The summed E-state index contributed by atoms with van der Waals surface area (Å²) in [6.07, 6.45) is -2.61. The normalized spacial score (nSPS) is 12.0. The minimum atomic E-state index is -4.31. The van der Waals surface area contributed by atoms with Crippen LogP contribution in [0, 0.1) is 0 Å². The molecule has 1 aromatic carbocycles. The standard InChI is InChI=1S/C19H19ClF3N3O2S2/c20-17-15(11-30-18-25-13-3-1-2-4-14(13)26-18)24-6-5-16(17)29-10-9-27-7-8-28-12-19(21,22)23/h1-6H,7-12H2,(H,25,26). The molecule has 162 valence electrons. The molecule has 1 N–H and O–H groups in total. The molecule has 0 bridgehead atoms. The molecule has 11 heteroatoms. The number of ether oxygens (including phenoxy) is 2. The molecule has 0 aliphatic carbocycles. The van der Waals surface area contributed by atoms with Gasteiger partial charge in [0.25, 0.3) is 0 Å². The first-order chi connectivity index (χ1) is 14.4. The predicted molar refractivity (Wildman–Crippen MR) is 113 cm³/mol. The Balaban J connectivity index is 1.41. The molecule has 0 amide bonds. The first-order valence-electron chi connectivity index (χ1n) is 8.98. The Morgan fingerprint density at radius 1 is 1.03 bits per heavy atom. The number of pyridine rings is 1. The number of hydrogen-bond acceptors (Lipinski definition) is 6. The van der Waals surface area contributed by atoms with E-state index in [9.17, 15) is 13.2 Å². The van der Waals surface area contributed by atoms with Gasteiger partial charge in [-0.3, -0.25) is 4.98 Å². The number of alkyl halides is 3. The summed E-state index contributed by atoms with van der Waals surface area (Å²) in [5, 5.41) is 1.38. The monoisotopic (exact) mass is 477 g/mol. The molecule has 5 nitrogen and oxygen atoms in total. The molecular formula is C19H19ClF3N3O2S2. The lowest BCUT2D eigenvalue weighted by atomic mass is 10.3. The van der Waals surface area contributed by atoms with Crippen LogP contribution in [0.1, 0.15) is 5.69 Å². The van der Waals surface area contributed by atoms with E-state index in [1.54, 1.807) is 6.20 Å². The molecular weight excluding hydrogens is 459 g/mol. The molecule has 0 unspecified atom stereocenters. The van der Waals surface area contributed by atoms with Crippen LogP contribution in [0.2, 0.25) is 5.02 Å². The van der Waals surface area contributed by atoms with Crippen LogP contribution in [0.4, 0.5) is 13.2 Å². The quantitative estimate of drug-likeness (QED) is 0.287. The Bertz CT molecular complexity index is 923. The van der Waals surface area contributed by atoms with Crippen LogP contribution in [0.3, 0.4) is 0 Å². The van der Waals surface area contributed by atoms with E-state index in [1.807, 2.05) is 30.3 Å². The van der Waals surface area contributed by atoms with E-state index in [2.05, 4.69) is 19.7 Å². The van der Waals surface area contributed by atoms with Gasteiger partial charge in [-0.2, -0.15) is 13.2 Å². The van der Waals surface area contributed by atoms with Crippen molar-refractivity contribution in [3.63, 3.8) is 0 Å². The van der Waals surface area contributed by atoms with Gasteiger partial charge in [-0.05, 0) is 18.2 Å². The Morgan fingerprint density at radius 3 is 2.63 bits per heavy atom. The summed E-state index contributed by atoms with van der Waals surface area (Å²) < 4.78 is 45.6. The molecule has 0 fully saturated rings. The van der Waals surface area contributed by atoms with E-state index in [0.29, 0.717) is 23.1 Å². The van der Waals surface area contributed by atoms with Crippen LogP contribution in [-0.2, 0) is 15.2 Å². The van der Waals surface area contributed by atoms with Gasteiger partial charge in [-0.25, -0.2) is 4.98 Å². The highest BCUT2D eigenvalue weighted by molar-refractivity contribution is 7.99. The maximum atomic E-state index is 12.0. The fourth-order valence-electron chi connectivity index (χ4n) is 2.43. The lowest BCUT2D eigenvalue weighted by Gasteiger charge is -2.09. The van der Waals surface area contributed by atoms with Crippen molar-refractivity contribution in [2.75, 3.05) is 32.2 Å². The zero-order valence-electron chi connectivity index (χ0n) is 15.7. The number of nitrogens with zero attached hydrogens (tertiary/aromatic N) is 2. The second kappa shape index (κ2) is 11.2. The molecule has 0 saturated carbocycles. The number of aromatic amines is 1. The van der Waals surface area contributed by atoms with E-state index in [1.165, 1.54) is 23.5 Å². The van der Waals surface area contributed by atoms with Crippen molar-refractivity contribution in [3.05, 3.63) is 47.2 Å². The van der Waals surface area contributed by atoms with Crippen molar-refractivity contribution in [3.8, 4) is 0 Å². The van der Waals surface area contributed by atoms with Crippen molar-refractivity contribution in [2.45, 2.75) is 22.0 Å². The Morgan fingerprint density at radius 2 is 1.83 bits per heavy atom. The molecule has 0 spiro atoms. The second-order valence-corrected chi connectivity index (χ2v) is 8.52. The summed E-state index contributed by atoms with van der Waals surface area (Å²) in [6, 6.07) is 9.64. The van der Waals surface area contributed by atoms with Gasteiger partial charge in [-0.15, -0.1) is 11.8 Å². The first-order valence-corrected chi connectivity index (χ1v) is 11.3. The van der Waals surface area contributed by atoms with Crippen LogP contribution in [0.25, 0.3) is 11.0 Å². The molecule has 0 aliphatic heterocycles. The number of benzene rings is 1. The summed E-state index contributed by atoms with van der Waals surface area (Å²) in [7, 11) is 0. The molecule has 2 heterocycles. The Kier molecular flexibility index (Phi) is 8.70. The van der Waals surface area contributed by atoms with E-state index < -0.39 is 12.8 Å². The summed E-state index contributed by atoms with van der Waals surface area (Å²) in [6.45, 7) is -0.863. The molecule has 3 rings (SSSR count). The third-order valence-electron chi connectivity index (χ3n) is 3.76. The summed E-state index contributed by atoms with van der Waals surface area (Å²) in [5.41, 5.74) is 2.65. The molecule has 3 aromatic rings. The molecule has 30 heavy (non-hydrogen) atoms. The molecule has 0 aliphatic rings. The SMILES string of the molecule is FC(F)(F)COCCOCCSc1ccnc(CSc2nc3ccccc3[nH]2)c1Cl. The van der Waals surface area contributed by atoms with Crippen molar-refractivity contribution in [1.29, 1.82) is 0 Å². The fraction of sp³-hybridized carbons (Fsp3) is 0.368. The van der Waals surface area contributed by atoms with Gasteiger partial charge in [0.2, 0.25) is 0 Å². The third kappa shape index (κ3) is 7.35. The van der Waals surface area contributed by atoms with Gasteiger partial charge in [-0.1, -0.05) is 35.5 Å². The van der Waals surface area contributed by atoms with Gasteiger partial charge < -0.3 is 14.5 Å². The topological polar surface area (TPSA) is 60.0 Å². The number of aromatic nitrogens is 3. The molecule has 2 aromatic heterocycles. The molecule has 0 saturated heterocycles. The van der Waals surface area contributed by atoms with Gasteiger partial charge in [0.15, 0.2) is 5.16 Å². The predicted octanol–water partition coefficient (Wildman–Crippen LogP) is 5.59. The van der Waals surface area contributed by atoms with Gasteiger partial charge >= 0.3 is 6.18 Å². The number of imidazole rings is 1. The zero-order valence-corrected chi connectivity index (χ0v) is 18.1. The molecule has 0 atom stereocenters. The number of para-hydroxylation sites is 2. The van der Waals surface area contributed by atoms with Crippen molar-refractivity contribution < 1.29 is 22.6 Å². The summed E-state index contributed by atoms with van der Waals surface area (Å²) >= 11 is 9.51. The van der Waals surface area contributed by atoms with E-state index >= 15 is 0 Å². The highest BCUT2D eigenvalue weighted by Gasteiger charge is 2.27. The summed E-state index contributed by atoms with van der Waals surface area (Å²) in [4.78, 5) is 13.0. The highest BCUT2D eigenvalue weighted by atomic mass is 35.5. The van der Waals surface area contributed by atoms with Crippen LogP contribution < -0.4 is 0 Å². The number of hydrogen-bond donors (Lipinski definition) is 1. The van der Waals surface area contributed by atoms with Gasteiger partial charge in [0.1, 0.15) is 6.61 Å². The molecule has 0 radical (unpaired) electrons. The summed E-state index contributed by atoms with van der Waals surface area (Å²) in [5.74, 6) is 1.18. The lowest BCUT2D eigenvalue weighted by molar-refractivity contribution is -0.176. The van der Waals surface area contributed by atoms with Crippen molar-refractivity contribution in [1.82, 2.24) is 15.0 Å². The average molecular weight is 478 g/mol. The van der Waals surface area contributed by atoms with E-state index in [0.717, 1.165) is 26.8 Å². The largest absolute Gasteiger partial charge is 0.411 e. The minimum absolute atomic E-state index is 0.0939. The van der Waals surface area contributed by atoms with Gasteiger partial charge in [0.05, 0.1) is 41.6 Å². The van der Waals surface area contributed by atoms with Crippen LogP contribution >= 0.6 is 35.1 Å². The maximum absolute atomic E-state index is 12.0. The number of halogens is 4. The van der Waals surface area contributed by atoms with E-state index in [-0.39, 0.29) is 13.2 Å². The minimum Gasteiger partial charge on any atom is -0.378 e. The van der Waals surface area contributed by atoms with Crippen LogP contribution in [-0.4, -0.2) is 53.3 Å². The van der Waals surface area contributed by atoms with Gasteiger partial charge in [0, 0.05) is 22.6 Å². The number of nitrogens with one attached hydrogen (secondary N) is 1. The van der Waals surface area contributed by atoms with Crippen LogP contribution in [0.15, 0.2) is 46.6 Å². The smallest absolute Gasteiger partial charge is 0.378 e. The number of thioether (sulfide) groups is 2. The highest BCUT2D eigenvalue weighted by Crippen LogP contribution is 2.32. The van der Waals surface area contributed by atoms with E-state index in [4.69, 9.17) is 16.3 Å². The maximum Gasteiger partial charge on any atom is 0.411 e. The number of rotatable bonds is 11. The number of fused-ring (bicyclic) bond motifs is 1. The Hall–Kier alpha value is -1.46. The second-order valence-electron chi connectivity index (χ2n) is 6.05. The van der Waals surface area contributed by atoms with Crippen LogP contribution in [0.5, 0.6) is 0 Å². The van der Waals surface area contributed by atoms with Crippen molar-refractivity contribution >= 4 is 46.2 Å². The number of H-pyrrole nitrogens is 1. The average Bonchev–Trinajstić information content (AvgIpc) is 3.12. The first kappa shape index (κ1) is 23.2. The lowest BCUT2D eigenvalue weighted by Crippen LogP contribution is -2.19. The third-order valence-corrected chi connectivity index (χ3v) is 6.20. The van der Waals surface area contributed by atoms with Crippen molar-refractivity contribution in [2.24, 2.45) is 0 Å².